The highest BCUT2D eigenvalue weighted by atomic mass is 16.7. The highest BCUT2D eigenvalue weighted by Crippen LogP contribution is 2.65. The first kappa shape index (κ1) is 29.7. The molecule has 0 spiro atoms. The van der Waals surface area contributed by atoms with E-state index in [1.54, 1.807) is 24.3 Å². The van der Waals surface area contributed by atoms with Gasteiger partial charge in [-0.15, -0.1) is 0 Å². The molecule has 0 aromatic heterocycles. The first-order chi connectivity index (χ1) is 22.0. The van der Waals surface area contributed by atoms with Gasteiger partial charge in [0.2, 0.25) is 6.29 Å². The minimum atomic E-state index is -1.68. The van der Waals surface area contributed by atoms with Crippen LogP contribution in [0.5, 0.6) is 34.5 Å². The molecule has 2 heterocycles. The molecule has 46 heavy (non-hydrogen) atoms. The summed E-state index contributed by atoms with van der Waals surface area (Å²) >= 11 is 0. The van der Waals surface area contributed by atoms with Crippen molar-refractivity contribution in [1.82, 2.24) is 0 Å². The quantitative estimate of drug-likeness (QED) is 0.150. The van der Waals surface area contributed by atoms with Gasteiger partial charge in [0.05, 0.1) is 6.61 Å². The Morgan fingerprint density at radius 1 is 0.652 bits per heavy atom. The van der Waals surface area contributed by atoms with Gasteiger partial charge in [0.1, 0.15) is 64.5 Å². The summed E-state index contributed by atoms with van der Waals surface area (Å²) in [4.78, 5) is 13.6. The van der Waals surface area contributed by atoms with E-state index < -0.39 is 60.2 Å². The van der Waals surface area contributed by atoms with Crippen LogP contribution in [0.2, 0.25) is 0 Å². The second-order valence-corrected chi connectivity index (χ2v) is 11.8. The SMILES string of the molecule is O=C1O[C@@H](c2ccc(O)cc2)C2c3c1c(O)cc(O[C@@H]1OC[C@H](O)[C@H](O)[C@H]1O)c3[C@H](c1cc(O)cc(O)c1)[C@H]2c1ccc(O)cc1. The van der Waals surface area contributed by atoms with E-state index in [0.29, 0.717) is 27.8 Å². The van der Waals surface area contributed by atoms with Crippen LogP contribution in [0.25, 0.3) is 0 Å². The lowest BCUT2D eigenvalue weighted by atomic mass is 9.74. The fourth-order valence-electron chi connectivity index (χ4n) is 7.03. The number of hydrogen-bond acceptors (Lipinski definition) is 12. The minimum Gasteiger partial charge on any atom is -0.508 e. The number of esters is 1. The van der Waals surface area contributed by atoms with Crippen LogP contribution < -0.4 is 4.74 Å². The van der Waals surface area contributed by atoms with Crippen molar-refractivity contribution in [1.29, 1.82) is 0 Å². The zero-order chi connectivity index (χ0) is 32.4. The van der Waals surface area contributed by atoms with Crippen LogP contribution in [0.1, 0.15) is 62.0 Å². The molecule has 0 radical (unpaired) electrons. The maximum absolute atomic E-state index is 13.6. The van der Waals surface area contributed by atoms with E-state index in [1.807, 2.05) is 0 Å². The highest BCUT2D eigenvalue weighted by molar-refractivity contribution is 5.97. The Morgan fingerprint density at radius 2 is 1.26 bits per heavy atom. The molecular formula is C34H30O12. The van der Waals surface area contributed by atoms with Crippen LogP contribution in [0.3, 0.4) is 0 Å². The lowest BCUT2D eigenvalue weighted by Gasteiger charge is -2.36. The van der Waals surface area contributed by atoms with Crippen molar-refractivity contribution in [3.63, 3.8) is 0 Å². The maximum Gasteiger partial charge on any atom is 0.342 e. The molecule has 8 N–H and O–H groups in total. The fraction of sp³-hybridized carbons (Fsp3) is 0.265. The summed E-state index contributed by atoms with van der Waals surface area (Å²) in [7, 11) is 0. The number of aromatic hydroxyl groups is 5. The summed E-state index contributed by atoms with van der Waals surface area (Å²) in [6.45, 7) is -0.354. The van der Waals surface area contributed by atoms with Crippen LogP contribution in [-0.2, 0) is 9.47 Å². The number of phenolic OH excluding ortho intramolecular Hbond substituents is 5. The predicted molar refractivity (Wildman–Crippen MR) is 158 cm³/mol. The number of rotatable bonds is 5. The molecule has 3 aliphatic rings. The van der Waals surface area contributed by atoms with Crippen molar-refractivity contribution >= 4 is 5.97 Å². The number of phenols is 5. The summed E-state index contributed by atoms with van der Waals surface area (Å²) in [5.41, 5.74) is 2.18. The van der Waals surface area contributed by atoms with E-state index in [9.17, 15) is 45.6 Å². The summed E-state index contributed by atoms with van der Waals surface area (Å²) in [6, 6.07) is 17.7. The van der Waals surface area contributed by atoms with Gasteiger partial charge in [-0.1, -0.05) is 24.3 Å². The van der Waals surface area contributed by atoms with Gasteiger partial charge in [-0.3, -0.25) is 0 Å². The van der Waals surface area contributed by atoms with Gasteiger partial charge in [-0.25, -0.2) is 4.79 Å². The van der Waals surface area contributed by atoms with Crippen LogP contribution in [0.15, 0.2) is 72.8 Å². The largest absolute Gasteiger partial charge is 0.508 e. The Balaban J connectivity index is 1.51. The molecule has 8 atom stereocenters. The molecular weight excluding hydrogens is 600 g/mol. The van der Waals surface area contributed by atoms with Gasteiger partial charge in [0, 0.05) is 35.4 Å². The first-order valence-corrected chi connectivity index (χ1v) is 14.6. The number of carbonyl (C=O) groups is 1. The van der Waals surface area contributed by atoms with Crippen molar-refractivity contribution in [2.75, 3.05) is 6.61 Å². The molecule has 238 valence electrons. The second kappa shape index (κ2) is 11.1. The Labute approximate surface area is 261 Å². The van der Waals surface area contributed by atoms with E-state index in [4.69, 9.17) is 14.2 Å². The molecule has 0 saturated carbocycles. The summed E-state index contributed by atoms with van der Waals surface area (Å²) in [5.74, 6) is -4.01. The molecule has 4 aromatic carbocycles. The highest BCUT2D eigenvalue weighted by Gasteiger charge is 2.55. The Morgan fingerprint density at radius 3 is 1.89 bits per heavy atom. The predicted octanol–water partition coefficient (Wildman–Crippen LogP) is 2.96. The van der Waals surface area contributed by atoms with Crippen LogP contribution in [0, 0.1) is 0 Å². The van der Waals surface area contributed by atoms with Gasteiger partial charge in [-0.2, -0.15) is 0 Å². The Kier molecular flexibility index (Phi) is 7.17. The van der Waals surface area contributed by atoms with E-state index in [1.165, 1.54) is 42.5 Å². The van der Waals surface area contributed by atoms with Crippen molar-refractivity contribution < 1.29 is 59.9 Å². The molecule has 0 amide bonds. The Hall–Kier alpha value is -5.01. The number of ether oxygens (including phenoxy) is 3. The molecule has 0 bridgehead atoms. The van der Waals surface area contributed by atoms with Gasteiger partial charge < -0.3 is 55.1 Å². The molecule has 1 aliphatic carbocycles. The maximum atomic E-state index is 13.6. The lowest BCUT2D eigenvalue weighted by Crippen LogP contribution is -2.54. The second-order valence-electron chi connectivity index (χ2n) is 11.8. The number of aliphatic hydroxyl groups is 3. The van der Waals surface area contributed by atoms with Crippen molar-refractivity contribution in [2.24, 2.45) is 0 Å². The molecule has 2 aliphatic heterocycles. The molecule has 12 heteroatoms. The number of hydrogen-bond donors (Lipinski definition) is 8. The van der Waals surface area contributed by atoms with E-state index in [-0.39, 0.29) is 40.9 Å². The number of benzene rings is 4. The van der Waals surface area contributed by atoms with E-state index >= 15 is 0 Å². The van der Waals surface area contributed by atoms with Gasteiger partial charge in [-0.05, 0) is 58.7 Å². The van der Waals surface area contributed by atoms with E-state index in [0.717, 1.165) is 6.07 Å². The third-order valence-electron chi connectivity index (χ3n) is 8.98. The molecule has 1 fully saturated rings. The molecule has 4 aromatic rings. The van der Waals surface area contributed by atoms with Crippen LogP contribution >= 0.6 is 0 Å². The first-order valence-electron chi connectivity index (χ1n) is 14.6. The van der Waals surface area contributed by atoms with Crippen molar-refractivity contribution in [2.45, 2.75) is 48.5 Å². The molecule has 1 saturated heterocycles. The van der Waals surface area contributed by atoms with Crippen molar-refractivity contribution in [3.8, 4) is 34.5 Å². The lowest BCUT2D eigenvalue weighted by molar-refractivity contribution is -0.242. The van der Waals surface area contributed by atoms with Crippen LogP contribution in [0.4, 0.5) is 0 Å². The topological polar surface area (TPSA) is 207 Å². The average molecular weight is 631 g/mol. The normalized spacial score (nSPS) is 28.4. The zero-order valence-corrected chi connectivity index (χ0v) is 24.0. The zero-order valence-electron chi connectivity index (χ0n) is 24.0. The summed E-state index contributed by atoms with van der Waals surface area (Å²) in [6.07, 6.45) is -7.09. The minimum absolute atomic E-state index is 0.00232. The Bertz CT molecular complexity index is 1780. The third kappa shape index (κ3) is 4.83. The van der Waals surface area contributed by atoms with Gasteiger partial charge in [0.15, 0.2) is 0 Å². The number of carbonyl (C=O) groups excluding carboxylic acids is 1. The third-order valence-corrected chi connectivity index (χ3v) is 8.98. The summed E-state index contributed by atoms with van der Waals surface area (Å²) < 4.78 is 17.7. The molecule has 12 nitrogen and oxygen atoms in total. The fourth-order valence-corrected chi connectivity index (χ4v) is 7.03. The number of aliphatic hydroxyl groups excluding tert-OH is 3. The smallest absolute Gasteiger partial charge is 0.342 e. The number of cyclic esters (lactones) is 1. The summed E-state index contributed by atoms with van der Waals surface area (Å²) in [5, 5.41) is 83.6. The van der Waals surface area contributed by atoms with Crippen LogP contribution in [-0.4, -0.2) is 78.0 Å². The van der Waals surface area contributed by atoms with Gasteiger partial charge in [0.25, 0.3) is 0 Å². The van der Waals surface area contributed by atoms with Gasteiger partial charge >= 0.3 is 5.97 Å². The van der Waals surface area contributed by atoms with E-state index in [2.05, 4.69) is 0 Å². The monoisotopic (exact) mass is 630 g/mol. The average Bonchev–Trinajstić information content (AvgIpc) is 3.37. The van der Waals surface area contributed by atoms with Crippen molar-refractivity contribution in [3.05, 3.63) is 106 Å². The standard InChI is InChI=1S/C34H30O12/c35-17-5-1-14(2-6-17)24-25(16-9-19(37)11-20(38)10-16)27-23(45-34-31(42)30(41)22(40)13-44-34)12-21(39)26-28(27)29(24)32(46-33(26)43)15-3-7-18(36)8-4-15/h1-12,22,24-25,29-32,34-42H,13H2/t22-,24+,25+,29?,30-,31+,32-,34-/m0/s1. The molecule has 7 rings (SSSR count). The molecule has 1 unspecified atom stereocenters.